The van der Waals surface area contributed by atoms with Gasteiger partial charge in [0.25, 0.3) is 0 Å². The Morgan fingerprint density at radius 3 is 2.26 bits per heavy atom. The standard InChI is InChI=1S/C28H46O6Si/c1-15-13-28(34-35(10)11)19(5)22-26(8,23(29)18(4)21(17(15)3)25(28,6)7)16(2)12-20-27(22,14-32-20)33-24(30)31-9/h15-16,18-20,22,35H,12-14H2,1-11H3. The fourth-order valence-electron chi connectivity index (χ4n) is 9.07. The first-order valence-corrected chi connectivity index (χ1v) is 16.2. The van der Waals surface area contributed by atoms with Gasteiger partial charge in [-0.25, -0.2) is 4.79 Å². The van der Waals surface area contributed by atoms with E-state index in [-0.39, 0.29) is 41.0 Å². The van der Waals surface area contributed by atoms with Crippen molar-refractivity contribution in [1.29, 1.82) is 0 Å². The Morgan fingerprint density at radius 2 is 1.74 bits per heavy atom. The molecule has 2 bridgehead atoms. The molecule has 1 heterocycles. The van der Waals surface area contributed by atoms with E-state index >= 15 is 0 Å². The number of hydrogen-bond acceptors (Lipinski definition) is 6. The number of Topliss-reactive ketones (excluding diaryl/α,β-unsaturated/α-hetero) is 1. The van der Waals surface area contributed by atoms with Gasteiger partial charge in [0.2, 0.25) is 0 Å². The number of hydrogen-bond donors (Lipinski definition) is 0. The number of allylic oxidation sites excluding steroid dienone is 1. The van der Waals surface area contributed by atoms with Gasteiger partial charge in [0.1, 0.15) is 11.9 Å². The number of carbonyl (C=O) groups is 2. The van der Waals surface area contributed by atoms with Gasteiger partial charge in [-0.05, 0) is 50.6 Å². The van der Waals surface area contributed by atoms with E-state index < -0.39 is 31.8 Å². The molecular weight excluding hydrogens is 460 g/mol. The molecule has 0 aromatic heterocycles. The average Bonchev–Trinajstić information content (AvgIpc) is 2.76. The number of rotatable bonds is 3. The summed E-state index contributed by atoms with van der Waals surface area (Å²) in [6.07, 6.45) is 0.628. The lowest BCUT2D eigenvalue weighted by molar-refractivity contribution is -0.327. The molecule has 3 aliphatic carbocycles. The van der Waals surface area contributed by atoms with Gasteiger partial charge < -0.3 is 18.6 Å². The molecule has 198 valence electrons. The highest BCUT2D eigenvalue weighted by molar-refractivity contribution is 6.48. The Hall–Kier alpha value is -1.18. The molecule has 0 radical (unpaired) electrons. The summed E-state index contributed by atoms with van der Waals surface area (Å²) in [7, 11) is -0.154. The van der Waals surface area contributed by atoms with E-state index in [0.29, 0.717) is 18.9 Å². The zero-order chi connectivity index (χ0) is 26.3. The van der Waals surface area contributed by atoms with E-state index in [1.54, 1.807) is 0 Å². The first kappa shape index (κ1) is 26.9. The van der Waals surface area contributed by atoms with Gasteiger partial charge in [-0.2, -0.15) is 0 Å². The van der Waals surface area contributed by atoms with Gasteiger partial charge in [0.05, 0.1) is 19.3 Å². The second-order valence-corrected chi connectivity index (χ2v) is 15.3. The summed E-state index contributed by atoms with van der Waals surface area (Å²) in [5.74, 6) is 0.119. The molecule has 7 heteroatoms. The molecule has 35 heavy (non-hydrogen) atoms. The van der Waals surface area contributed by atoms with Crippen LogP contribution < -0.4 is 0 Å². The van der Waals surface area contributed by atoms with Crippen LogP contribution in [0.1, 0.15) is 68.2 Å². The average molecular weight is 507 g/mol. The summed E-state index contributed by atoms with van der Waals surface area (Å²) in [5, 5.41) is 0. The summed E-state index contributed by atoms with van der Waals surface area (Å²) in [6, 6.07) is 0. The van der Waals surface area contributed by atoms with Crippen LogP contribution in [0.5, 0.6) is 0 Å². The third-order valence-corrected chi connectivity index (χ3v) is 11.7. The van der Waals surface area contributed by atoms with Crippen LogP contribution in [-0.2, 0) is 23.4 Å². The maximum Gasteiger partial charge on any atom is 0.508 e. The lowest BCUT2D eigenvalue weighted by atomic mass is 9.40. The minimum atomic E-state index is -1.50. The second-order valence-electron chi connectivity index (χ2n) is 13.0. The highest BCUT2D eigenvalue weighted by atomic mass is 28.3. The highest BCUT2D eigenvalue weighted by Crippen LogP contribution is 2.68. The summed E-state index contributed by atoms with van der Waals surface area (Å²) < 4.78 is 24.4. The SMILES string of the molecule is COC(=O)OC12COC1CC(C)C1(C)C(=O)C(C)C3=C(C)C(C)CC(O[SiH](C)C)(C(C)C21)C3(C)C. The molecule has 9 unspecified atom stereocenters. The monoisotopic (exact) mass is 506 g/mol. The smallest absolute Gasteiger partial charge is 0.438 e. The molecule has 3 fully saturated rings. The molecule has 6 nitrogen and oxygen atoms in total. The van der Waals surface area contributed by atoms with Crippen molar-refractivity contribution in [2.24, 2.45) is 40.4 Å². The first-order valence-electron chi connectivity index (χ1n) is 13.4. The van der Waals surface area contributed by atoms with E-state index in [4.69, 9.17) is 18.6 Å². The molecule has 0 spiro atoms. The third kappa shape index (κ3) is 3.32. The summed E-state index contributed by atoms with van der Waals surface area (Å²) >= 11 is 0. The molecule has 0 amide bonds. The second kappa shape index (κ2) is 8.42. The first-order chi connectivity index (χ1) is 16.1. The predicted octanol–water partition coefficient (Wildman–Crippen LogP) is 5.55. The largest absolute Gasteiger partial charge is 0.508 e. The van der Waals surface area contributed by atoms with E-state index in [9.17, 15) is 9.59 Å². The van der Waals surface area contributed by atoms with Gasteiger partial charge >= 0.3 is 6.16 Å². The van der Waals surface area contributed by atoms with Crippen LogP contribution in [0.25, 0.3) is 0 Å². The minimum Gasteiger partial charge on any atom is -0.438 e. The summed E-state index contributed by atoms with van der Waals surface area (Å²) in [4.78, 5) is 27.3. The predicted molar refractivity (Wildman–Crippen MR) is 138 cm³/mol. The van der Waals surface area contributed by atoms with Crippen molar-refractivity contribution in [3.05, 3.63) is 11.1 Å². The molecule has 9 atom stereocenters. The van der Waals surface area contributed by atoms with Crippen molar-refractivity contribution in [3.8, 4) is 0 Å². The zero-order valence-corrected chi connectivity index (χ0v) is 24.8. The number of fused-ring (bicyclic) bond motifs is 5. The Bertz CT molecular complexity index is 942. The fourth-order valence-corrected chi connectivity index (χ4v) is 10.5. The molecule has 0 aromatic rings. The van der Waals surface area contributed by atoms with Crippen LogP contribution in [0.15, 0.2) is 11.1 Å². The Kier molecular flexibility index (Phi) is 6.46. The maximum absolute atomic E-state index is 14.7. The third-order valence-electron chi connectivity index (χ3n) is 10.8. The van der Waals surface area contributed by atoms with Gasteiger partial charge in [-0.15, -0.1) is 0 Å². The van der Waals surface area contributed by atoms with Crippen molar-refractivity contribution in [3.63, 3.8) is 0 Å². The van der Waals surface area contributed by atoms with Crippen LogP contribution in [-0.4, -0.2) is 52.0 Å². The molecule has 1 aliphatic heterocycles. The van der Waals surface area contributed by atoms with Crippen molar-refractivity contribution in [1.82, 2.24) is 0 Å². The van der Waals surface area contributed by atoms with Crippen LogP contribution in [0.3, 0.4) is 0 Å². The summed E-state index contributed by atoms with van der Waals surface area (Å²) in [6.45, 7) is 22.5. The van der Waals surface area contributed by atoms with Gasteiger partial charge in [0.15, 0.2) is 14.6 Å². The molecular formula is C28H46O6Si. The Morgan fingerprint density at radius 1 is 1.11 bits per heavy atom. The van der Waals surface area contributed by atoms with Crippen molar-refractivity contribution >= 4 is 21.0 Å². The van der Waals surface area contributed by atoms with E-state index in [2.05, 4.69) is 68.5 Å². The number of carbonyl (C=O) groups excluding carboxylic acids is 2. The van der Waals surface area contributed by atoms with Crippen molar-refractivity contribution in [2.45, 2.75) is 98.6 Å². The molecule has 4 rings (SSSR count). The van der Waals surface area contributed by atoms with Crippen LogP contribution in [0.2, 0.25) is 13.1 Å². The molecule has 0 aromatic carbocycles. The van der Waals surface area contributed by atoms with Gasteiger partial charge in [-0.1, -0.05) is 59.6 Å². The molecule has 2 saturated carbocycles. The van der Waals surface area contributed by atoms with Gasteiger partial charge in [0, 0.05) is 22.7 Å². The summed E-state index contributed by atoms with van der Waals surface area (Å²) in [5.41, 5.74) is 0.178. The minimum absolute atomic E-state index is 0.0433. The number of ketones is 1. The topological polar surface area (TPSA) is 71.1 Å². The van der Waals surface area contributed by atoms with Crippen LogP contribution in [0.4, 0.5) is 4.79 Å². The number of methoxy groups -OCH3 is 1. The maximum atomic E-state index is 14.7. The number of ether oxygens (including phenoxy) is 3. The highest BCUT2D eigenvalue weighted by Gasteiger charge is 2.75. The van der Waals surface area contributed by atoms with E-state index in [1.807, 2.05) is 0 Å². The van der Waals surface area contributed by atoms with Crippen LogP contribution >= 0.6 is 0 Å². The molecule has 0 N–H and O–H groups in total. The zero-order valence-electron chi connectivity index (χ0n) is 23.6. The lowest BCUT2D eigenvalue weighted by Gasteiger charge is -2.69. The Balaban J connectivity index is 2.05. The lowest BCUT2D eigenvalue weighted by Crippen LogP contribution is -2.78. The fraction of sp³-hybridized carbons (Fsp3) is 0.857. The quantitative estimate of drug-likeness (QED) is 0.284. The Labute approximate surface area is 213 Å². The van der Waals surface area contributed by atoms with E-state index in [1.165, 1.54) is 18.3 Å². The van der Waals surface area contributed by atoms with Crippen LogP contribution in [0, 0.1) is 40.4 Å². The van der Waals surface area contributed by atoms with Crippen molar-refractivity contribution < 1.29 is 28.2 Å². The van der Waals surface area contributed by atoms with Gasteiger partial charge in [-0.3, -0.25) is 4.79 Å². The normalized spacial score (nSPS) is 46.7. The van der Waals surface area contributed by atoms with Crippen molar-refractivity contribution in [2.75, 3.05) is 13.7 Å². The van der Waals surface area contributed by atoms with E-state index in [0.717, 1.165) is 6.42 Å². The molecule has 1 saturated heterocycles. The molecule has 4 aliphatic rings.